The molecule has 5 heteroatoms. The number of likely N-dealkylation sites (tertiary alicyclic amines) is 1. The van der Waals surface area contributed by atoms with Crippen molar-refractivity contribution in [3.05, 3.63) is 65.5 Å². The Balaban J connectivity index is 1.34. The van der Waals surface area contributed by atoms with Gasteiger partial charge in [-0.25, -0.2) is 4.39 Å². The van der Waals surface area contributed by atoms with Gasteiger partial charge in [0.05, 0.1) is 5.56 Å². The molecule has 0 N–H and O–H groups in total. The highest BCUT2D eigenvalue weighted by molar-refractivity contribution is 5.97. The molecule has 1 aliphatic carbocycles. The lowest BCUT2D eigenvalue weighted by Gasteiger charge is -2.58. The minimum Gasteiger partial charge on any atom is -0.337 e. The van der Waals surface area contributed by atoms with Gasteiger partial charge in [-0.3, -0.25) is 9.59 Å². The standard InChI is InChI=1S/C22H23FN2O2/c1-15-7-3-6-10-19(15)24(2)20(26)16-11-22(12-16)13-25(14-22)21(27)17-8-4-5-9-18(17)23/h3-10,16H,11-14H2,1-2H3. The molecule has 2 amide bonds. The predicted octanol–water partition coefficient (Wildman–Crippen LogP) is 3.65. The van der Waals surface area contributed by atoms with Crippen LogP contribution in [-0.2, 0) is 4.79 Å². The Morgan fingerprint density at radius 1 is 1.07 bits per heavy atom. The molecule has 2 fully saturated rings. The minimum absolute atomic E-state index is 0.000296. The summed E-state index contributed by atoms with van der Waals surface area (Å²) in [6.07, 6.45) is 1.59. The number of para-hydroxylation sites is 1. The fourth-order valence-corrected chi connectivity index (χ4v) is 4.46. The van der Waals surface area contributed by atoms with Crippen molar-refractivity contribution in [1.82, 2.24) is 4.90 Å². The Hall–Kier alpha value is -2.69. The molecule has 1 saturated heterocycles. The summed E-state index contributed by atoms with van der Waals surface area (Å²) in [5.74, 6) is -0.607. The molecule has 27 heavy (non-hydrogen) atoms. The van der Waals surface area contributed by atoms with E-state index in [1.54, 1.807) is 21.9 Å². The van der Waals surface area contributed by atoms with Gasteiger partial charge in [-0.15, -0.1) is 0 Å². The Bertz CT molecular complexity index is 897. The monoisotopic (exact) mass is 366 g/mol. The first kappa shape index (κ1) is 17.7. The normalized spacial score (nSPS) is 18.0. The van der Waals surface area contributed by atoms with Gasteiger partial charge in [0.2, 0.25) is 5.91 Å². The molecular weight excluding hydrogens is 343 g/mol. The number of nitrogens with zero attached hydrogens (tertiary/aromatic N) is 2. The molecule has 1 saturated carbocycles. The fourth-order valence-electron chi connectivity index (χ4n) is 4.46. The molecule has 4 nitrogen and oxygen atoms in total. The van der Waals surface area contributed by atoms with E-state index in [4.69, 9.17) is 0 Å². The van der Waals surface area contributed by atoms with Crippen LogP contribution in [0.5, 0.6) is 0 Å². The number of halogens is 1. The number of hydrogen-bond acceptors (Lipinski definition) is 2. The average molecular weight is 366 g/mol. The van der Waals surface area contributed by atoms with Gasteiger partial charge in [0.15, 0.2) is 0 Å². The molecule has 0 radical (unpaired) electrons. The van der Waals surface area contributed by atoms with Crippen molar-refractivity contribution in [3.8, 4) is 0 Å². The van der Waals surface area contributed by atoms with E-state index in [2.05, 4.69) is 0 Å². The van der Waals surface area contributed by atoms with Crippen LogP contribution in [0.25, 0.3) is 0 Å². The first-order valence-electron chi connectivity index (χ1n) is 9.27. The second kappa shape index (κ2) is 6.48. The number of amides is 2. The van der Waals surface area contributed by atoms with Crippen molar-refractivity contribution in [2.24, 2.45) is 11.3 Å². The van der Waals surface area contributed by atoms with Crippen molar-refractivity contribution < 1.29 is 14.0 Å². The van der Waals surface area contributed by atoms with E-state index >= 15 is 0 Å². The van der Waals surface area contributed by atoms with Crippen molar-refractivity contribution in [2.45, 2.75) is 19.8 Å². The third-order valence-electron chi connectivity index (χ3n) is 5.96. The Kier molecular flexibility index (Phi) is 4.25. The smallest absolute Gasteiger partial charge is 0.256 e. The summed E-state index contributed by atoms with van der Waals surface area (Å²) in [5.41, 5.74) is 2.17. The van der Waals surface area contributed by atoms with Crippen molar-refractivity contribution in [1.29, 1.82) is 0 Å². The Morgan fingerprint density at radius 2 is 1.70 bits per heavy atom. The second-order valence-electron chi connectivity index (χ2n) is 7.93. The van der Waals surface area contributed by atoms with Gasteiger partial charge < -0.3 is 9.80 Å². The third-order valence-corrected chi connectivity index (χ3v) is 5.96. The van der Waals surface area contributed by atoms with E-state index in [1.807, 2.05) is 38.2 Å². The van der Waals surface area contributed by atoms with Crippen molar-refractivity contribution in [2.75, 3.05) is 25.0 Å². The van der Waals surface area contributed by atoms with Crippen molar-refractivity contribution in [3.63, 3.8) is 0 Å². The molecule has 0 unspecified atom stereocenters. The largest absolute Gasteiger partial charge is 0.337 e. The average Bonchev–Trinajstić information content (AvgIpc) is 2.59. The highest BCUT2D eigenvalue weighted by Crippen LogP contribution is 2.52. The maximum atomic E-state index is 13.8. The van der Waals surface area contributed by atoms with Crippen LogP contribution >= 0.6 is 0 Å². The maximum Gasteiger partial charge on any atom is 0.256 e. The summed E-state index contributed by atoms with van der Waals surface area (Å²) >= 11 is 0. The fraction of sp³-hybridized carbons (Fsp3) is 0.364. The first-order chi connectivity index (χ1) is 12.9. The zero-order chi connectivity index (χ0) is 19.2. The van der Waals surface area contributed by atoms with E-state index in [-0.39, 0.29) is 28.7 Å². The summed E-state index contributed by atoms with van der Waals surface area (Å²) in [5, 5.41) is 0. The number of rotatable bonds is 3. The summed E-state index contributed by atoms with van der Waals surface area (Å²) in [4.78, 5) is 28.6. The van der Waals surface area contributed by atoms with E-state index in [9.17, 15) is 14.0 Å². The van der Waals surface area contributed by atoms with E-state index < -0.39 is 5.82 Å². The van der Waals surface area contributed by atoms with Gasteiger partial charge in [-0.05, 0) is 43.5 Å². The highest BCUT2D eigenvalue weighted by atomic mass is 19.1. The lowest BCUT2D eigenvalue weighted by atomic mass is 9.57. The zero-order valence-electron chi connectivity index (χ0n) is 15.6. The van der Waals surface area contributed by atoms with E-state index in [0.717, 1.165) is 24.1 Å². The van der Waals surface area contributed by atoms with Crippen molar-refractivity contribution >= 4 is 17.5 Å². The van der Waals surface area contributed by atoms with Gasteiger partial charge in [0, 0.05) is 37.2 Å². The van der Waals surface area contributed by atoms with Gasteiger partial charge in [0.25, 0.3) is 5.91 Å². The molecule has 0 aromatic heterocycles. The van der Waals surface area contributed by atoms with Crippen LogP contribution in [0, 0.1) is 24.1 Å². The van der Waals surface area contributed by atoms with E-state index in [0.29, 0.717) is 13.1 Å². The molecule has 2 aromatic rings. The molecule has 0 atom stereocenters. The highest BCUT2D eigenvalue weighted by Gasteiger charge is 2.56. The lowest BCUT2D eigenvalue weighted by molar-refractivity contribution is -0.137. The molecule has 1 aliphatic heterocycles. The lowest BCUT2D eigenvalue weighted by Crippen LogP contribution is -2.65. The van der Waals surface area contributed by atoms with Crippen LogP contribution in [0.1, 0.15) is 28.8 Å². The van der Waals surface area contributed by atoms with Crippen LogP contribution in [0.2, 0.25) is 0 Å². The van der Waals surface area contributed by atoms with Crippen LogP contribution in [0.3, 0.4) is 0 Å². The molecule has 0 bridgehead atoms. The molecule has 2 aliphatic rings. The maximum absolute atomic E-state index is 13.8. The molecule has 140 valence electrons. The number of carbonyl (C=O) groups is 2. The summed E-state index contributed by atoms with van der Waals surface area (Å²) in [7, 11) is 1.82. The molecule has 1 heterocycles. The van der Waals surface area contributed by atoms with Crippen LogP contribution in [0.4, 0.5) is 10.1 Å². The summed E-state index contributed by atoms with van der Waals surface area (Å²) < 4.78 is 13.8. The molecular formula is C22H23FN2O2. The van der Waals surface area contributed by atoms with Gasteiger partial charge in [-0.2, -0.15) is 0 Å². The number of hydrogen-bond donors (Lipinski definition) is 0. The summed E-state index contributed by atoms with van der Waals surface area (Å²) in [6, 6.07) is 13.9. The Morgan fingerprint density at radius 3 is 2.37 bits per heavy atom. The zero-order valence-corrected chi connectivity index (χ0v) is 15.6. The number of anilines is 1. The molecule has 4 rings (SSSR count). The van der Waals surface area contributed by atoms with E-state index in [1.165, 1.54) is 12.1 Å². The topological polar surface area (TPSA) is 40.6 Å². The SMILES string of the molecule is Cc1ccccc1N(C)C(=O)C1CC2(C1)CN(C(=O)c1ccccc1F)C2. The van der Waals surface area contributed by atoms with Crippen LogP contribution in [0.15, 0.2) is 48.5 Å². The third kappa shape index (κ3) is 3.01. The Labute approximate surface area is 158 Å². The molecule has 1 spiro atoms. The summed E-state index contributed by atoms with van der Waals surface area (Å²) in [6.45, 7) is 3.22. The number of carbonyl (C=O) groups excluding carboxylic acids is 2. The second-order valence-corrected chi connectivity index (χ2v) is 7.93. The van der Waals surface area contributed by atoms with Gasteiger partial charge in [0.1, 0.15) is 5.82 Å². The van der Waals surface area contributed by atoms with Gasteiger partial charge >= 0.3 is 0 Å². The minimum atomic E-state index is -0.482. The molecule has 2 aromatic carbocycles. The number of benzene rings is 2. The predicted molar refractivity (Wildman–Crippen MR) is 102 cm³/mol. The van der Waals surface area contributed by atoms with Gasteiger partial charge in [-0.1, -0.05) is 30.3 Å². The van der Waals surface area contributed by atoms with Crippen LogP contribution < -0.4 is 4.90 Å². The first-order valence-corrected chi connectivity index (χ1v) is 9.27. The number of aryl methyl sites for hydroxylation is 1. The van der Waals surface area contributed by atoms with Crippen LogP contribution in [-0.4, -0.2) is 36.9 Å². The quantitative estimate of drug-likeness (QED) is 0.832.